The zero-order chi connectivity index (χ0) is 15.3. The van der Waals surface area contributed by atoms with Gasteiger partial charge in [0.15, 0.2) is 0 Å². The molecule has 0 heterocycles. The van der Waals surface area contributed by atoms with E-state index in [0.717, 1.165) is 4.31 Å². The van der Waals surface area contributed by atoms with Crippen molar-refractivity contribution in [2.45, 2.75) is 19.5 Å². The molecule has 2 N–H and O–H groups in total. The molecule has 0 bridgehead atoms. The van der Waals surface area contributed by atoms with E-state index in [9.17, 15) is 12.8 Å². The maximum Gasteiger partial charge on any atom is 0.279 e. The summed E-state index contributed by atoms with van der Waals surface area (Å²) in [6, 6.07) is 4.24. The molecule has 0 fully saturated rings. The highest BCUT2D eigenvalue weighted by atomic mass is 35.5. The van der Waals surface area contributed by atoms with Crippen molar-refractivity contribution in [2.24, 2.45) is 0 Å². The molecule has 0 saturated heterocycles. The van der Waals surface area contributed by atoms with Crippen LogP contribution in [0.15, 0.2) is 18.2 Å². The molecule has 21 heavy (non-hydrogen) atoms. The summed E-state index contributed by atoms with van der Waals surface area (Å²) in [5.41, 5.74) is 0.156. The van der Waals surface area contributed by atoms with Gasteiger partial charge in [-0.05, 0) is 26.1 Å². The Morgan fingerprint density at radius 1 is 1.43 bits per heavy atom. The van der Waals surface area contributed by atoms with Crippen molar-refractivity contribution in [2.75, 3.05) is 20.6 Å². The molecule has 1 unspecified atom stereocenters. The lowest BCUT2D eigenvalue weighted by Crippen LogP contribution is -2.43. The molecule has 1 rings (SSSR count). The van der Waals surface area contributed by atoms with Gasteiger partial charge in [-0.15, -0.1) is 12.4 Å². The maximum atomic E-state index is 13.6. The zero-order valence-corrected chi connectivity index (χ0v) is 14.4. The van der Waals surface area contributed by atoms with Crippen LogP contribution < -0.4 is 10.0 Å². The number of nitrogens with one attached hydrogen (secondary N) is 2. The first-order valence-electron chi connectivity index (χ1n) is 6.09. The van der Waals surface area contributed by atoms with Crippen molar-refractivity contribution in [1.82, 2.24) is 14.3 Å². The molecule has 0 amide bonds. The number of halogens is 3. The zero-order valence-electron chi connectivity index (χ0n) is 12.1. The Morgan fingerprint density at radius 3 is 2.57 bits per heavy atom. The normalized spacial score (nSPS) is 13.0. The smallest absolute Gasteiger partial charge is 0.279 e. The number of hydrogen-bond acceptors (Lipinski definition) is 3. The fourth-order valence-corrected chi connectivity index (χ4v) is 2.64. The van der Waals surface area contributed by atoms with E-state index in [1.165, 1.54) is 25.2 Å². The van der Waals surface area contributed by atoms with Gasteiger partial charge in [-0.3, -0.25) is 0 Å². The minimum absolute atomic E-state index is 0. The molecule has 1 aromatic rings. The maximum absolute atomic E-state index is 13.6. The second kappa shape index (κ2) is 8.87. The van der Waals surface area contributed by atoms with E-state index in [-0.39, 0.29) is 42.1 Å². The van der Waals surface area contributed by atoms with Crippen LogP contribution in [0.4, 0.5) is 4.39 Å². The van der Waals surface area contributed by atoms with Gasteiger partial charge in [0.1, 0.15) is 5.82 Å². The Morgan fingerprint density at radius 2 is 2.05 bits per heavy atom. The van der Waals surface area contributed by atoms with Gasteiger partial charge in [-0.2, -0.15) is 12.7 Å². The molecule has 0 aliphatic rings. The van der Waals surface area contributed by atoms with Crippen molar-refractivity contribution in [3.05, 3.63) is 34.6 Å². The first kappa shape index (κ1) is 20.6. The van der Waals surface area contributed by atoms with Crippen LogP contribution in [0, 0.1) is 5.82 Å². The van der Waals surface area contributed by atoms with Crippen LogP contribution in [-0.2, 0) is 16.8 Å². The average Bonchev–Trinajstić information content (AvgIpc) is 2.40. The van der Waals surface area contributed by atoms with Crippen molar-refractivity contribution in [3.8, 4) is 0 Å². The molecule has 122 valence electrons. The van der Waals surface area contributed by atoms with E-state index in [2.05, 4.69) is 10.0 Å². The molecule has 0 saturated carbocycles. The van der Waals surface area contributed by atoms with Crippen LogP contribution in [0.3, 0.4) is 0 Å². The van der Waals surface area contributed by atoms with Gasteiger partial charge in [0.2, 0.25) is 0 Å². The third-order valence-corrected chi connectivity index (χ3v) is 4.75. The highest BCUT2D eigenvalue weighted by Gasteiger charge is 2.20. The standard InChI is InChI=1S/C12H19ClFN3O2S.ClH/c1-9(15-2)7-16-20(18,19)17(3)8-10-11(13)5-4-6-12(10)14;/h4-6,9,15-16H,7-8H2,1-3H3;1H. The molecule has 1 aromatic carbocycles. The lowest BCUT2D eigenvalue weighted by Gasteiger charge is -2.20. The first-order valence-corrected chi connectivity index (χ1v) is 7.90. The van der Waals surface area contributed by atoms with Crippen molar-refractivity contribution < 1.29 is 12.8 Å². The molecule has 1 atom stereocenters. The van der Waals surface area contributed by atoms with E-state index in [1.54, 1.807) is 7.05 Å². The number of nitrogens with zero attached hydrogens (tertiary/aromatic N) is 1. The summed E-state index contributed by atoms with van der Waals surface area (Å²) >= 11 is 5.88. The van der Waals surface area contributed by atoms with Crippen molar-refractivity contribution >= 4 is 34.2 Å². The number of benzene rings is 1. The Labute approximate surface area is 136 Å². The van der Waals surface area contributed by atoms with Crippen molar-refractivity contribution in [1.29, 1.82) is 0 Å². The third kappa shape index (κ3) is 6.06. The molecule has 0 aliphatic heterocycles. The quantitative estimate of drug-likeness (QED) is 0.779. The summed E-state index contributed by atoms with van der Waals surface area (Å²) in [6.07, 6.45) is 0. The van der Waals surface area contributed by atoms with E-state index in [0.29, 0.717) is 0 Å². The average molecular weight is 360 g/mol. The summed E-state index contributed by atoms with van der Waals surface area (Å²) in [4.78, 5) is 0. The number of rotatable bonds is 7. The fourth-order valence-electron chi connectivity index (χ4n) is 1.43. The van der Waals surface area contributed by atoms with Crippen LogP contribution >= 0.6 is 24.0 Å². The van der Waals surface area contributed by atoms with E-state index in [4.69, 9.17) is 11.6 Å². The van der Waals surface area contributed by atoms with Gasteiger partial charge in [0.25, 0.3) is 10.2 Å². The summed E-state index contributed by atoms with van der Waals surface area (Å²) in [5, 5.41) is 3.12. The predicted molar refractivity (Wildman–Crippen MR) is 85.6 cm³/mol. The largest absolute Gasteiger partial charge is 0.316 e. The minimum atomic E-state index is -3.68. The predicted octanol–water partition coefficient (Wildman–Crippen LogP) is 1.77. The van der Waals surface area contributed by atoms with E-state index < -0.39 is 16.0 Å². The van der Waals surface area contributed by atoms with E-state index >= 15 is 0 Å². The van der Waals surface area contributed by atoms with E-state index in [1.807, 2.05) is 6.92 Å². The van der Waals surface area contributed by atoms with Crippen LogP contribution in [0.25, 0.3) is 0 Å². The highest BCUT2D eigenvalue weighted by molar-refractivity contribution is 7.87. The molecular formula is C12H20Cl2FN3O2S. The van der Waals surface area contributed by atoms with Crippen LogP contribution in [0.1, 0.15) is 12.5 Å². The lowest BCUT2D eigenvalue weighted by molar-refractivity contribution is 0.441. The molecule has 0 radical (unpaired) electrons. The highest BCUT2D eigenvalue weighted by Crippen LogP contribution is 2.20. The number of likely N-dealkylation sites (N-methyl/N-ethyl adjacent to an activating group) is 1. The van der Waals surface area contributed by atoms with Gasteiger partial charge in [-0.1, -0.05) is 17.7 Å². The van der Waals surface area contributed by atoms with Gasteiger partial charge in [-0.25, -0.2) is 9.11 Å². The summed E-state index contributed by atoms with van der Waals surface area (Å²) < 4.78 is 41.1. The van der Waals surface area contributed by atoms with Crippen LogP contribution in [-0.4, -0.2) is 39.4 Å². The van der Waals surface area contributed by atoms with Crippen LogP contribution in [0.5, 0.6) is 0 Å². The SMILES string of the molecule is CNC(C)CNS(=O)(=O)N(C)Cc1c(F)cccc1Cl.Cl. The third-order valence-electron chi connectivity index (χ3n) is 2.92. The Bertz CT molecular complexity index is 537. The monoisotopic (exact) mass is 359 g/mol. The Kier molecular flexibility index (Phi) is 8.69. The summed E-state index contributed by atoms with van der Waals surface area (Å²) in [6.45, 7) is 1.96. The lowest BCUT2D eigenvalue weighted by atomic mass is 10.2. The Balaban J connectivity index is 0.00000400. The minimum Gasteiger partial charge on any atom is -0.316 e. The van der Waals surface area contributed by atoms with Gasteiger partial charge in [0, 0.05) is 36.8 Å². The number of hydrogen-bond donors (Lipinski definition) is 2. The van der Waals surface area contributed by atoms with Gasteiger partial charge < -0.3 is 5.32 Å². The topological polar surface area (TPSA) is 61.4 Å². The molecule has 5 nitrogen and oxygen atoms in total. The summed E-state index contributed by atoms with van der Waals surface area (Å²) in [5.74, 6) is -0.525. The molecule has 0 aliphatic carbocycles. The molecule has 9 heteroatoms. The second-order valence-electron chi connectivity index (χ2n) is 4.50. The molecule has 0 spiro atoms. The fraction of sp³-hybridized carbons (Fsp3) is 0.500. The molecular weight excluding hydrogens is 340 g/mol. The molecule has 0 aromatic heterocycles. The van der Waals surface area contributed by atoms with Crippen LogP contribution in [0.2, 0.25) is 5.02 Å². The second-order valence-corrected chi connectivity index (χ2v) is 6.77. The first-order chi connectivity index (χ1) is 9.27. The van der Waals surface area contributed by atoms with Gasteiger partial charge in [0.05, 0.1) is 0 Å². The Hall–Kier alpha value is -0.440. The van der Waals surface area contributed by atoms with Crippen molar-refractivity contribution in [3.63, 3.8) is 0 Å². The summed E-state index contributed by atoms with van der Waals surface area (Å²) in [7, 11) is -0.571. The van der Waals surface area contributed by atoms with Gasteiger partial charge >= 0.3 is 0 Å².